The van der Waals surface area contributed by atoms with E-state index in [1.54, 1.807) is 17.5 Å². The fraction of sp³-hybridized carbons (Fsp3) is 0.167. The molecule has 3 aromatic heterocycles. The highest BCUT2D eigenvalue weighted by molar-refractivity contribution is 7.26. The molecule has 0 bridgehead atoms. The van der Waals surface area contributed by atoms with Gasteiger partial charge in [0.05, 0.1) is 32.9 Å². The summed E-state index contributed by atoms with van der Waals surface area (Å²) < 4.78 is 6.39. The van der Waals surface area contributed by atoms with Gasteiger partial charge < -0.3 is 4.74 Å². The molecule has 0 aliphatic carbocycles. The molecule has 0 saturated carbocycles. The number of hydrogen-bond donors (Lipinski definition) is 0. The lowest BCUT2D eigenvalue weighted by molar-refractivity contribution is 0.338. The number of pyridine rings is 1. The summed E-state index contributed by atoms with van der Waals surface area (Å²) in [6.45, 7) is 2.58. The molecule has 0 fully saturated rings. The Balaban J connectivity index is 2.05. The zero-order chi connectivity index (χ0) is 12.5. The van der Waals surface area contributed by atoms with Crippen LogP contribution in [0.4, 0.5) is 0 Å². The molecule has 3 aromatic rings. The highest BCUT2D eigenvalue weighted by atomic mass is 35.5. The summed E-state index contributed by atoms with van der Waals surface area (Å²) in [6, 6.07) is 3.84. The summed E-state index contributed by atoms with van der Waals surface area (Å²) in [5, 5.41) is 1.44. The van der Waals surface area contributed by atoms with Crippen molar-refractivity contribution in [3.8, 4) is 14.9 Å². The van der Waals surface area contributed by atoms with Crippen LogP contribution in [-0.4, -0.2) is 16.6 Å². The van der Waals surface area contributed by atoms with Crippen LogP contribution in [0, 0.1) is 0 Å². The zero-order valence-corrected chi connectivity index (χ0v) is 11.9. The second kappa shape index (κ2) is 4.84. The number of ether oxygens (including phenoxy) is 1. The summed E-state index contributed by atoms with van der Waals surface area (Å²) in [4.78, 5) is 10.7. The number of rotatable bonds is 3. The first-order valence-corrected chi connectivity index (χ1v) is 7.42. The number of nitrogens with zero attached hydrogens (tertiary/aromatic N) is 2. The van der Waals surface area contributed by atoms with Crippen molar-refractivity contribution in [1.29, 1.82) is 0 Å². The first-order chi connectivity index (χ1) is 8.78. The van der Waals surface area contributed by atoms with E-state index in [-0.39, 0.29) is 0 Å². The molecule has 0 aliphatic heterocycles. The molecule has 0 atom stereocenters. The van der Waals surface area contributed by atoms with Crippen LogP contribution in [0.3, 0.4) is 0 Å². The summed E-state index contributed by atoms with van der Waals surface area (Å²) in [6.07, 6.45) is 3.55. The Morgan fingerprint density at radius 3 is 2.94 bits per heavy atom. The van der Waals surface area contributed by atoms with Gasteiger partial charge in [0.25, 0.3) is 5.19 Å². The number of fused-ring (bicyclic) bond motifs is 1. The monoisotopic (exact) mass is 296 g/mol. The fourth-order valence-corrected chi connectivity index (χ4v) is 3.77. The predicted octanol–water partition coefficient (Wildman–Crippen LogP) is 4.47. The van der Waals surface area contributed by atoms with E-state index in [2.05, 4.69) is 9.97 Å². The SMILES string of the molecule is CCOc1ncc(-c2cc3nccc(Cl)c3s2)s1. The van der Waals surface area contributed by atoms with Gasteiger partial charge in [-0.3, -0.25) is 4.98 Å². The Kier molecular flexibility index (Phi) is 3.20. The molecule has 0 saturated heterocycles. The van der Waals surface area contributed by atoms with Crippen LogP contribution in [-0.2, 0) is 0 Å². The summed E-state index contributed by atoms with van der Waals surface area (Å²) in [5.41, 5.74) is 0.925. The second-order valence-electron chi connectivity index (χ2n) is 3.54. The highest BCUT2D eigenvalue weighted by Gasteiger charge is 2.11. The van der Waals surface area contributed by atoms with Crippen molar-refractivity contribution in [1.82, 2.24) is 9.97 Å². The van der Waals surface area contributed by atoms with E-state index in [1.165, 1.54) is 11.3 Å². The van der Waals surface area contributed by atoms with Crippen molar-refractivity contribution < 1.29 is 4.74 Å². The molecule has 0 amide bonds. The van der Waals surface area contributed by atoms with E-state index < -0.39 is 0 Å². The minimum absolute atomic E-state index is 0.632. The van der Waals surface area contributed by atoms with Crippen molar-refractivity contribution in [2.45, 2.75) is 6.92 Å². The Morgan fingerprint density at radius 1 is 1.28 bits per heavy atom. The minimum Gasteiger partial charge on any atom is -0.470 e. The number of hydrogen-bond acceptors (Lipinski definition) is 5. The molecule has 3 nitrogen and oxygen atoms in total. The van der Waals surface area contributed by atoms with Gasteiger partial charge in [0.1, 0.15) is 0 Å². The smallest absolute Gasteiger partial charge is 0.273 e. The van der Waals surface area contributed by atoms with Crippen LogP contribution in [0.25, 0.3) is 20.0 Å². The molecule has 0 radical (unpaired) electrons. The Bertz CT molecular complexity index is 692. The third-order valence-corrected chi connectivity index (χ3v) is 5.05. The maximum Gasteiger partial charge on any atom is 0.273 e. The Hall–Kier alpha value is -1.17. The summed E-state index contributed by atoms with van der Waals surface area (Å²) in [7, 11) is 0. The highest BCUT2D eigenvalue weighted by Crippen LogP contribution is 2.39. The normalized spacial score (nSPS) is 11.0. The van der Waals surface area contributed by atoms with Gasteiger partial charge in [0, 0.05) is 11.1 Å². The van der Waals surface area contributed by atoms with Crippen LogP contribution in [0.5, 0.6) is 5.19 Å². The van der Waals surface area contributed by atoms with Gasteiger partial charge in [0.2, 0.25) is 0 Å². The van der Waals surface area contributed by atoms with Crippen LogP contribution in [0.1, 0.15) is 6.92 Å². The van der Waals surface area contributed by atoms with Gasteiger partial charge >= 0.3 is 0 Å². The van der Waals surface area contributed by atoms with Crippen LogP contribution < -0.4 is 4.74 Å². The van der Waals surface area contributed by atoms with E-state index in [0.29, 0.717) is 11.8 Å². The summed E-state index contributed by atoms with van der Waals surface area (Å²) in [5.74, 6) is 0. The van der Waals surface area contributed by atoms with E-state index in [4.69, 9.17) is 16.3 Å². The predicted molar refractivity (Wildman–Crippen MR) is 76.9 cm³/mol. The van der Waals surface area contributed by atoms with E-state index in [9.17, 15) is 0 Å². The first-order valence-electron chi connectivity index (χ1n) is 5.41. The van der Waals surface area contributed by atoms with Crippen LogP contribution >= 0.6 is 34.3 Å². The standard InChI is InChI=1S/C12H9ClN2OS2/c1-2-16-12-15-6-10(18-12)9-5-8-11(17-9)7(13)3-4-14-8/h3-6H,2H2,1H3. The van der Waals surface area contributed by atoms with Crippen molar-refractivity contribution >= 4 is 44.5 Å². The number of aromatic nitrogens is 2. The van der Waals surface area contributed by atoms with Crippen molar-refractivity contribution in [3.63, 3.8) is 0 Å². The average molecular weight is 297 g/mol. The lowest BCUT2D eigenvalue weighted by Gasteiger charge is -1.93. The molecule has 3 heterocycles. The Morgan fingerprint density at radius 2 is 2.17 bits per heavy atom. The molecular weight excluding hydrogens is 288 g/mol. The molecule has 0 N–H and O–H groups in total. The minimum atomic E-state index is 0.632. The number of thiazole rings is 1. The van der Waals surface area contributed by atoms with Gasteiger partial charge in [-0.05, 0) is 19.1 Å². The fourth-order valence-electron chi connectivity index (χ4n) is 1.59. The third-order valence-electron chi connectivity index (χ3n) is 2.36. The maximum absolute atomic E-state index is 6.15. The van der Waals surface area contributed by atoms with Gasteiger partial charge in [-0.1, -0.05) is 22.9 Å². The lowest BCUT2D eigenvalue weighted by atomic mass is 10.3. The molecule has 18 heavy (non-hydrogen) atoms. The molecule has 0 spiro atoms. The average Bonchev–Trinajstić information content (AvgIpc) is 2.96. The van der Waals surface area contributed by atoms with E-state index in [0.717, 1.165) is 25.0 Å². The van der Waals surface area contributed by atoms with Crippen molar-refractivity contribution in [2.24, 2.45) is 0 Å². The van der Waals surface area contributed by atoms with Crippen LogP contribution in [0.2, 0.25) is 5.02 Å². The van der Waals surface area contributed by atoms with Gasteiger partial charge in [-0.2, -0.15) is 0 Å². The van der Waals surface area contributed by atoms with Crippen molar-refractivity contribution in [2.75, 3.05) is 6.61 Å². The molecule has 0 aromatic carbocycles. The number of halogens is 1. The second-order valence-corrected chi connectivity index (χ2v) is 5.99. The lowest BCUT2D eigenvalue weighted by Crippen LogP contribution is -1.88. The molecule has 0 aliphatic rings. The maximum atomic E-state index is 6.15. The molecular formula is C12H9ClN2OS2. The molecule has 92 valence electrons. The van der Waals surface area contributed by atoms with E-state index >= 15 is 0 Å². The van der Waals surface area contributed by atoms with Crippen LogP contribution in [0.15, 0.2) is 24.5 Å². The van der Waals surface area contributed by atoms with Gasteiger partial charge in [0.15, 0.2) is 0 Å². The van der Waals surface area contributed by atoms with Crippen molar-refractivity contribution in [3.05, 3.63) is 29.5 Å². The zero-order valence-electron chi connectivity index (χ0n) is 9.51. The summed E-state index contributed by atoms with van der Waals surface area (Å²) >= 11 is 9.31. The topological polar surface area (TPSA) is 35.0 Å². The number of thiophene rings is 1. The first kappa shape index (κ1) is 11.9. The van der Waals surface area contributed by atoms with Gasteiger partial charge in [-0.15, -0.1) is 11.3 Å². The van der Waals surface area contributed by atoms with Gasteiger partial charge in [-0.25, -0.2) is 4.98 Å². The third kappa shape index (κ3) is 2.09. The molecule has 6 heteroatoms. The largest absolute Gasteiger partial charge is 0.470 e. The van der Waals surface area contributed by atoms with E-state index in [1.807, 2.05) is 25.3 Å². The Labute approximate surface area is 117 Å². The quantitative estimate of drug-likeness (QED) is 0.715. The molecule has 3 rings (SSSR count). The molecule has 0 unspecified atom stereocenters.